The Bertz CT molecular complexity index is 355. The number of aryl methyl sites for hydroxylation is 1. The van der Waals surface area contributed by atoms with Crippen LogP contribution in [0.25, 0.3) is 0 Å². The average molecular weight is 273 g/mol. The van der Waals surface area contributed by atoms with Gasteiger partial charge in [0, 0.05) is 11.3 Å². The highest BCUT2D eigenvalue weighted by molar-refractivity contribution is 7.98. The molecule has 0 radical (unpaired) electrons. The van der Waals surface area contributed by atoms with Crippen LogP contribution in [-0.4, -0.2) is 15.7 Å². The van der Waals surface area contributed by atoms with Crippen molar-refractivity contribution in [3.8, 4) is 0 Å². The number of aromatic nitrogens is 2. The van der Waals surface area contributed by atoms with Gasteiger partial charge in [-0.05, 0) is 24.5 Å². The zero-order valence-corrected chi connectivity index (χ0v) is 12.8. The van der Waals surface area contributed by atoms with Gasteiger partial charge in [-0.2, -0.15) is 11.8 Å². The number of rotatable bonds is 5. The van der Waals surface area contributed by atoms with E-state index >= 15 is 0 Å². The summed E-state index contributed by atoms with van der Waals surface area (Å²) in [7, 11) is 0. The van der Waals surface area contributed by atoms with Crippen LogP contribution in [0.4, 0.5) is 0 Å². The zero-order chi connectivity index (χ0) is 13.0. The molecule has 4 heteroatoms. The first-order valence-electron chi connectivity index (χ1n) is 6.02. The topological polar surface area (TPSA) is 25.8 Å². The van der Waals surface area contributed by atoms with Gasteiger partial charge in [-0.15, -0.1) is 0 Å². The SMILES string of the molecule is Cc1nc(CSCC(C)C)nc(Cl)c1C(C)C. The second-order valence-corrected chi connectivity index (χ2v) is 6.38. The summed E-state index contributed by atoms with van der Waals surface area (Å²) in [5.41, 5.74) is 2.09. The molecule has 0 aliphatic rings. The first kappa shape index (κ1) is 14.8. The molecule has 96 valence electrons. The molecule has 0 aromatic carbocycles. The Morgan fingerprint density at radius 1 is 1.18 bits per heavy atom. The van der Waals surface area contributed by atoms with Crippen LogP contribution < -0.4 is 0 Å². The lowest BCUT2D eigenvalue weighted by Crippen LogP contribution is -2.04. The van der Waals surface area contributed by atoms with Crippen molar-refractivity contribution in [2.45, 2.75) is 46.3 Å². The molecular formula is C13H21ClN2S. The van der Waals surface area contributed by atoms with Gasteiger partial charge in [-0.3, -0.25) is 0 Å². The summed E-state index contributed by atoms with van der Waals surface area (Å²) in [4.78, 5) is 8.92. The predicted molar refractivity (Wildman–Crippen MR) is 76.9 cm³/mol. The second kappa shape index (κ2) is 6.60. The van der Waals surface area contributed by atoms with E-state index < -0.39 is 0 Å². The first-order chi connectivity index (χ1) is 7.91. The number of hydrogen-bond donors (Lipinski definition) is 0. The third kappa shape index (κ3) is 4.47. The predicted octanol–water partition coefficient (Wildman–Crippen LogP) is 4.45. The van der Waals surface area contributed by atoms with E-state index in [2.05, 4.69) is 37.7 Å². The Kier molecular flexibility index (Phi) is 5.74. The minimum atomic E-state index is 0.375. The quantitative estimate of drug-likeness (QED) is 0.741. The van der Waals surface area contributed by atoms with Crippen molar-refractivity contribution < 1.29 is 0 Å². The summed E-state index contributed by atoms with van der Waals surface area (Å²) in [6.07, 6.45) is 0. The van der Waals surface area contributed by atoms with Crippen molar-refractivity contribution in [1.29, 1.82) is 0 Å². The summed E-state index contributed by atoms with van der Waals surface area (Å²) in [5.74, 6) is 3.90. The Morgan fingerprint density at radius 3 is 2.29 bits per heavy atom. The molecule has 0 fully saturated rings. The van der Waals surface area contributed by atoms with E-state index in [1.165, 1.54) is 0 Å². The minimum Gasteiger partial charge on any atom is -0.237 e. The van der Waals surface area contributed by atoms with Crippen LogP contribution >= 0.6 is 23.4 Å². The molecule has 0 aliphatic heterocycles. The van der Waals surface area contributed by atoms with E-state index in [0.717, 1.165) is 28.6 Å². The third-order valence-corrected chi connectivity index (χ3v) is 4.05. The van der Waals surface area contributed by atoms with Crippen LogP contribution in [0, 0.1) is 12.8 Å². The van der Waals surface area contributed by atoms with Gasteiger partial charge in [-0.25, -0.2) is 9.97 Å². The van der Waals surface area contributed by atoms with E-state index in [4.69, 9.17) is 11.6 Å². The highest BCUT2D eigenvalue weighted by atomic mass is 35.5. The van der Waals surface area contributed by atoms with Crippen LogP contribution in [0.3, 0.4) is 0 Å². The van der Waals surface area contributed by atoms with E-state index in [0.29, 0.717) is 17.0 Å². The third-order valence-electron chi connectivity index (χ3n) is 2.40. The molecule has 0 bridgehead atoms. The molecule has 0 saturated heterocycles. The van der Waals surface area contributed by atoms with Crippen molar-refractivity contribution in [2.24, 2.45) is 5.92 Å². The van der Waals surface area contributed by atoms with Gasteiger partial charge in [0.05, 0.1) is 5.75 Å². The fraction of sp³-hybridized carbons (Fsp3) is 0.692. The Labute approximate surface area is 114 Å². The largest absolute Gasteiger partial charge is 0.237 e. The molecule has 0 amide bonds. The van der Waals surface area contributed by atoms with Gasteiger partial charge < -0.3 is 0 Å². The highest BCUT2D eigenvalue weighted by Crippen LogP contribution is 2.25. The molecule has 17 heavy (non-hydrogen) atoms. The van der Waals surface area contributed by atoms with Crippen LogP contribution in [0.15, 0.2) is 0 Å². The first-order valence-corrected chi connectivity index (χ1v) is 7.55. The molecule has 0 N–H and O–H groups in total. The van der Waals surface area contributed by atoms with Gasteiger partial charge >= 0.3 is 0 Å². The Morgan fingerprint density at radius 2 is 1.82 bits per heavy atom. The van der Waals surface area contributed by atoms with Crippen molar-refractivity contribution >= 4 is 23.4 Å². The summed E-state index contributed by atoms with van der Waals surface area (Å²) in [6.45, 7) is 10.7. The van der Waals surface area contributed by atoms with Gasteiger partial charge in [0.15, 0.2) is 0 Å². The molecule has 0 unspecified atom stereocenters. The molecule has 1 aromatic rings. The Hall–Kier alpha value is -0.280. The van der Waals surface area contributed by atoms with E-state index in [1.54, 1.807) is 0 Å². The van der Waals surface area contributed by atoms with Gasteiger partial charge in [0.25, 0.3) is 0 Å². The molecule has 1 aromatic heterocycles. The maximum atomic E-state index is 6.21. The fourth-order valence-corrected chi connectivity index (χ4v) is 3.06. The number of nitrogens with zero attached hydrogens (tertiary/aromatic N) is 2. The summed E-state index contributed by atoms with van der Waals surface area (Å²) < 4.78 is 0. The molecule has 1 rings (SSSR count). The number of thioether (sulfide) groups is 1. The molecule has 2 nitrogen and oxygen atoms in total. The maximum absolute atomic E-state index is 6.21. The van der Waals surface area contributed by atoms with Crippen molar-refractivity contribution in [3.05, 3.63) is 22.2 Å². The normalized spacial score (nSPS) is 11.5. The zero-order valence-electron chi connectivity index (χ0n) is 11.2. The molecule has 0 atom stereocenters. The second-order valence-electron chi connectivity index (χ2n) is 4.99. The lowest BCUT2D eigenvalue weighted by Gasteiger charge is -2.12. The average Bonchev–Trinajstić information content (AvgIpc) is 2.14. The summed E-state index contributed by atoms with van der Waals surface area (Å²) in [5, 5.41) is 0.618. The number of halogens is 1. The molecule has 1 heterocycles. The summed E-state index contributed by atoms with van der Waals surface area (Å²) in [6, 6.07) is 0. The van der Waals surface area contributed by atoms with Gasteiger partial charge in [0.1, 0.15) is 11.0 Å². The Balaban J connectivity index is 2.77. The lowest BCUT2D eigenvalue weighted by molar-refractivity contribution is 0.749. The van der Waals surface area contributed by atoms with Crippen molar-refractivity contribution in [1.82, 2.24) is 9.97 Å². The van der Waals surface area contributed by atoms with Crippen LogP contribution in [0.1, 0.15) is 50.7 Å². The van der Waals surface area contributed by atoms with E-state index in [9.17, 15) is 0 Å². The monoisotopic (exact) mass is 272 g/mol. The van der Waals surface area contributed by atoms with Crippen LogP contribution in [0.5, 0.6) is 0 Å². The summed E-state index contributed by atoms with van der Waals surface area (Å²) >= 11 is 8.07. The van der Waals surface area contributed by atoms with Crippen molar-refractivity contribution in [2.75, 3.05) is 5.75 Å². The van der Waals surface area contributed by atoms with Crippen LogP contribution in [0.2, 0.25) is 5.15 Å². The lowest BCUT2D eigenvalue weighted by atomic mass is 10.0. The molecular weight excluding hydrogens is 252 g/mol. The van der Waals surface area contributed by atoms with Gasteiger partial charge in [-0.1, -0.05) is 39.3 Å². The standard InChI is InChI=1S/C13H21ClN2S/c1-8(2)6-17-7-11-15-10(5)12(9(3)4)13(14)16-11/h8-9H,6-7H2,1-5H3. The van der Waals surface area contributed by atoms with Crippen molar-refractivity contribution in [3.63, 3.8) is 0 Å². The van der Waals surface area contributed by atoms with E-state index in [1.807, 2.05) is 18.7 Å². The molecule has 0 aliphatic carbocycles. The molecule has 0 saturated carbocycles. The van der Waals surface area contributed by atoms with E-state index in [-0.39, 0.29) is 0 Å². The highest BCUT2D eigenvalue weighted by Gasteiger charge is 2.13. The smallest absolute Gasteiger partial charge is 0.140 e. The number of hydrogen-bond acceptors (Lipinski definition) is 3. The maximum Gasteiger partial charge on any atom is 0.140 e. The minimum absolute atomic E-state index is 0.375. The fourth-order valence-electron chi connectivity index (χ4n) is 1.71. The molecule has 0 spiro atoms. The van der Waals surface area contributed by atoms with Crippen LogP contribution in [-0.2, 0) is 5.75 Å². The van der Waals surface area contributed by atoms with Gasteiger partial charge in [0.2, 0.25) is 0 Å².